The van der Waals surface area contributed by atoms with Crippen molar-refractivity contribution in [2.75, 3.05) is 27.2 Å². The topological polar surface area (TPSA) is 88.5 Å². The fourth-order valence-electron chi connectivity index (χ4n) is 2.60. The lowest BCUT2D eigenvalue weighted by Gasteiger charge is -2.32. The zero-order chi connectivity index (χ0) is 15.5. The van der Waals surface area contributed by atoms with Gasteiger partial charge in [0.1, 0.15) is 6.26 Å². The third-order valence-electron chi connectivity index (χ3n) is 3.81. The highest BCUT2D eigenvalue weighted by molar-refractivity contribution is 5.73. The third-order valence-corrected chi connectivity index (χ3v) is 3.81. The molecule has 8 heteroatoms. The molecule has 1 fully saturated rings. The maximum absolute atomic E-state index is 11.9. The first-order chi connectivity index (χ1) is 10.6. The van der Waals surface area contributed by atoms with Gasteiger partial charge in [-0.2, -0.15) is 4.98 Å². The summed E-state index contributed by atoms with van der Waals surface area (Å²) in [4.78, 5) is 19.8. The Labute approximate surface area is 128 Å². The van der Waals surface area contributed by atoms with Crippen LogP contribution in [0, 0.1) is 0 Å². The van der Waals surface area contributed by atoms with Crippen molar-refractivity contribution in [1.29, 1.82) is 0 Å². The van der Waals surface area contributed by atoms with Crippen molar-refractivity contribution < 1.29 is 13.8 Å². The summed E-state index contributed by atoms with van der Waals surface area (Å²) in [6.45, 7) is 1.42. The van der Waals surface area contributed by atoms with Crippen LogP contribution in [-0.4, -0.2) is 58.3 Å². The molecule has 2 amide bonds. The van der Waals surface area contributed by atoms with Gasteiger partial charge in [-0.3, -0.25) is 0 Å². The fraction of sp³-hybridized carbons (Fsp3) is 0.571. The number of rotatable bonds is 3. The molecule has 0 spiro atoms. The minimum absolute atomic E-state index is 0.0516. The Hall–Kier alpha value is -2.38. The van der Waals surface area contributed by atoms with E-state index >= 15 is 0 Å². The van der Waals surface area contributed by atoms with Crippen LogP contribution in [0.5, 0.6) is 0 Å². The fourth-order valence-corrected chi connectivity index (χ4v) is 2.60. The number of likely N-dealkylation sites (tertiary alicyclic amines) is 1. The first-order valence-electron chi connectivity index (χ1n) is 7.31. The number of carbonyl (C=O) groups is 1. The van der Waals surface area contributed by atoms with Crippen LogP contribution in [0.1, 0.15) is 36.2 Å². The van der Waals surface area contributed by atoms with Crippen molar-refractivity contribution >= 4 is 6.03 Å². The molecule has 0 atom stereocenters. The van der Waals surface area contributed by atoms with Crippen molar-refractivity contribution in [3.8, 4) is 0 Å². The van der Waals surface area contributed by atoms with Crippen molar-refractivity contribution in [3.63, 3.8) is 0 Å². The average molecular weight is 305 g/mol. The van der Waals surface area contributed by atoms with Crippen LogP contribution < -0.4 is 0 Å². The normalized spacial score (nSPS) is 16.0. The van der Waals surface area contributed by atoms with E-state index in [0.29, 0.717) is 31.2 Å². The van der Waals surface area contributed by atoms with Gasteiger partial charge in [-0.15, -0.1) is 0 Å². The summed E-state index contributed by atoms with van der Waals surface area (Å²) in [6.07, 6.45) is 3.70. The lowest BCUT2D eigenvalue weighted by atomic mass is 9.97. The van der Waals surface area contributed by atoms with Crippen molar-refractivity contribution in [3.05, 3.63) is 29.7 Å². The number of hydrogen-bond acceptors (Lipinski definition) is 6. The highest BCUT2D eigenvalue weighted by Gasteiger charge is 2.28. The molecular formula is C14H19N5O3. The summed E-state index contributed by atoms with van der Waals surface area (Å²) in [7, 11) is 3.53. The number of aromatic nitrogens is 3. The Morgan fingerprint density at radius 1 is 1.36 bits per heavy atom. The first kappa shape index (κ1) is 14.6. The van der Waals surface area contributed by atoms with Crippen LogP contribution in [-0.2, 0) is 6.42 Å². The molecule has 2 aromatic rings. The molecule has 8 nitrogen and oxygen atoms in total. The highest BCUT2D eigenvalue weighted by Crippen LogP contribution is 2.27. The molecule has 118 valence electrons. The maximum Gasteiger partial charge on any atom is 0.319 e. The number of hydrogen-bond donors (Lipinski definition) is 0. The van der Waals surface area contributed by atoms with Gasteiger partial charge < -0.3 is 18.8 Å². The van der Waals surface area contributed by atoms with E-state index in [1.807, 2.05) is 4.90 Å². The molecular weight excluding hydrogens is 286 g/mol. The van der Waals surface area contributed by atoms with Gasteiger partial charge in [0.15, 0.2) is 5.82 Å². The summed E-state index contributed by atoms with van der Waals surface area (Å²) in [6, 6.07) is 1.83. The molecule has 0 N–H and O–H groups in total. The summed E-state index contributed by atoms with van der Waals surface area (Å²) in [5, 5.41) is 7.83. The number of amides is 2. The molecule has 2 aromatic heterocycles. The van der Waals surface area contributed by atoms with Gasteiger partial charge in [-0.05, 0) is 12.8 Å². The molecule has 22 heavy (non-hydrogen) atoms. The van der Waals surface area contributed by atoms with Crippen LogP contribution in [0.3, 0.4) is 0 Å². The Morgan fingerprint density at radius 3 is 2.77 bits per heavy atom. The smallest absolute Gasteiger partial charge is 0.319 e. The quantitative estimate of drug-likeness (QED) is 0.854. The van der Waals surface area contributed by atoms with Crippen LogP contribution in [0.15, 0.2) is 21.4 Å². The Bertz CT molecular complexity index is 614. The summed E-state index contributed by atoms with van der Waals surface area (Å²) < 4.78 is 10.1. The first-order valence-corrected chi connectivity index (χ1v) is 7.31. The SMILES string of the molecule is CN(C)C(=O)N1CCC(c2nc(Cc3ccon3)no2)CC1. The zero-order valence-electron chi connectivity index (χ0n) is 12.7. The monoisotopic (exact) mass is 305 g/mol. The predicted molar refractivity (Wildman–Crippen MR) is 76.2 cm³/mol. The van der Waals surface area contributed by atoms with Gasteiger partial charge in [-0.1, -0.05) is 10.3 Å². The molecule has 0 bridgehead atoms. The van der Waals surface area contributed by atoms with Crippen molar-refractivity contribution in [2.45, 2.75) is 25.2 Å². The average Bonchev–Trinajstić information content (AvgIpc) is 3.19. The summed E-state index contributed by atoms with van der Waals surface area (Å²) in [5.41, 5.74) is 0.777. The molecule has 1 aliphatic rings. The molecule has 0 unspecified atom stereocenters. The van der Waals surface area contributed by atoms with E-state index in [1.54, 1.807) is 25.1 Å². The predicted octanol–water partition coefficient (Wildman–Crippen LogP) is 1.51. The molecule has 1 aliphatic heterocycles. The number of nitrogens with zero attached hydrogens (tertiary/aromatic N) is 5. The lowest BCUT2D eigenvalue weighted by Crippen LogP contribution is -2.43. The van der Waals surface area contributed by atoms with Crippen molar-refractivity contribution in [2.24, 2.45) is 0 Å². The Balaban J connectivity index is 1.57. The van der Waals surface area contributed by atoms with E-state index in [9.17, 15) is 4.79 Å². The standard InChI is InChI=1S/C14H19N5O3/c1-18(2)14(20)19-6-3-10(4-7-19)13-15-12(17-22-13)9-11-5-8-21-16-11/h5,8,10H,3-4,6-7,9H2,1-2H3. The lowest BCUT2D eigenvalue weighted by molar-refractivity contribution is 0.152. The van der Waals surface area contributed by atoms with Crippen LogP contribution >= 0.6 is 0 Å². The van der Waals surface area contributed by atoms with Crippen LogP contribution in [0.25, 0.3) is 0 Å². The summed E-state index contributed by atoms with van der Waals surface area (Å²) in [5.74, 6) is 1.47. The number of carbonyl (C=O) groups excluding carboxylic acids is 1. The molecule has 0 aliphatic carbocycles. The minimum atomic E-state index is 0.0516. The highest BCUT2D eigenvalue weighted by atomic mass is 16.5. The zero-order valence-corrected chi connectivity index (χ0v) is 12.7. The van der Waals surface area contributed by atoms with Crippen LogP contribution in [0.4, 0.5) is 4.79 Å². The second-order valence-corrected chi connectivity index (χ2v) is 5.65. The van der Waals surface area contributed by atoms with Gasteiger partial charge in [0, 0.05) is 39.2 Å². The van der Waals surface area contributed by atoms with E-state index < -0.39 is 0 Å². The van der Waals surface area contributed by atoms with Crippen molar-refractivity contribution in [1.82, 2.24) is 25.1 Å². The number of urea groups is 1. The van der Waals surface area contributed by atoms with Gasteiger partial charge in [0.25, 0.3) is 0 Å². The Kier molecular flexibility index (Phi) is 4.08. The Morgan fingerprint density at radius 2 is 2.14 bits per heavy atom. The van der Waals surface area contributed by atoms with Gasteiger partial charge >= 0.3 is 6.03 Å². The molecule has 3 rings (SSSR count). The van der Waals surface area contributed by atoms with E-state index in [2.05, 4.69) is 15.3 Å². The largest absolute Gasteiger partial charge is 0.364 e. The van der Waals surface area contributed by atoms with Crippen LogP contribution in [0.2, 0.25) is 0 Å². The third kappa shape index (κ3) is 3.10. The second-order valence-electron chi connectivity index (χ2n) is 5.65. The molecule has 0 saturated carbocycles. The van der Waals surface area contributed by atoms with E-state index in [-0.39, 0.29) is 11.9 Å². The van der Waals surface area contributed by atoms with Gasteiger partial charge in [0.05, 0.1) is 12.1 Å². The molecule has 1 saturated heterocycles. The van der Waals surface area contributed by atoms with E-state index in [0.717, 1.165) is 18.5 Å². The molecule has 0 radical (unpaired) electrons. The second kappa shape index (κ2) is 6.17. The minimum Gasteiger partial charge on any atom is -0.364 e. The summed E-state index contributed by atoms with van der Waals surface area (Å²) >= 11 is 0. The maximum atomic E-state index is 11.9. The molecule has 0 aromatic carbocycles. The number of piperidine rings is 1. The van der Waals surface area contributed by atoms with E-state index in [1.165, 1.54) is 6.26 Å². The van der Waals surface area contributed by atoms with E-state index in [4.69, 9.17) is 9.05 Å². The van der Waals surface area contributed by atoms with Gasteiger partial charge in [-0.25, -0.2) is 4.79 Å². The van der Waals surface area contributed by atoms with Gasteiger partial charge in [0.2, 0.25) is 5.89 Å². The molecule has 3 heterocycles.